The summed E-state index contributed by atoms with van der Waals surface area (Å²) in [6, 6.07) is -1.39. The number of pyridine rings is 1. The van der Waals surface area contributed by atoms with Gasteiger partial charge in [-0.3, -0.25) is 9.59 Å². The topological polar surface area (TPSA) is 186 Å². The van der Waals surface area contributed by atoms with E-state index < -0.39 is 54.3 Å². The summed E-state index contributed by atoms with van der Waals surface area (Å²) in [5.74, 6) is -5.16. The first kappa shape index (κ1) is 26.3. The maximum atomic E-state index is 12.8. The van der Waals surface area contributed by atoms with Crippen molar-refractivity contribution in [1.29, 1.82) is 0 Å². The van der Waals surface area contributed by atoms with E-state index in [0.717, 1.165) is 17.2 Å². The van der Waals surface area contributed by atoms with Crippen LogP contribution in [-0.2, 0) is 14.4 Å². The van der Waals surface area contributed by atoms with Crippen LogP contribution in [0.1, 0.15) is 42.5 Å². The first-order valence-electron chi connectivity index (χ1n) is 9.63. The van der Waals surface area contributed by atoms with Crippen molar-refractivity contribution in [2.24, 2.45) is 0 Å². The lowest BCUT2D eigenvalue weighted by Gasteiger charge is -2.26. The van der Waals surface area contributed by atoms with Gasteiger partial charge in [-0.15, -0.1) is 0 Å². The van der Waals surface area contributed by atoms with E-state index in [1.54, 1.807) is 0 Å². The first-order chi connectivity index (χ1) is 15.0. The Hall–Kier alpha value is -3.77. The van der Waals surface area contributed by atoms with Gasteiger partial charge >= 0.3 is 23.9 Å². The number of carboxylic acids is 3. The fraction of sp³-hybridized carbons (Fsp3) is 0.474. The number of urea groups is 1. The predicted molar refractivity (Wildman–Crippen MR) is 106 cm³/mol. The number of nitrogens with one attached hydrogen (secondary N) is 2. The van der Waals surface area contributed by atoms with Crippen LogP contribution >= 0.6 is 0 Å². The first-order valence-corrected chi connectivity index (χ1v) is 9.63. The number of carboxylic acid groups (broad SMARTS) is 3. The molecule has 3 amide bonds. The Morgan fingerprint density at radius 3 is 2.28 bits per heavy atom. The third kappa shape index (κ3) is 8.93. The standard InChI is InChI=1S/C19H25FN4O8/c1-24(19(32)23-12(17(28)29)6-8-15(25)26)13(18(30)31)4-2-3-9-21-16(27)11-5-7-14(20)22-10-11/h5,7,10,12-13H,2-4,6,8-9H2,1H3,(H,21,27)(H,23,32)(H,25,26)(H,28,29)(H,30,31). The molecule has 0 saturated carbocycles. The average molecular weight is 456 g/mol. The Morgan fingerprint density at radius 2 is 1.75 bits per heavy atom. The highest BCUT2D eigenvalue weighted by molar-refractivity contribution is 5.93. The minimum Gasteiger partial charge on any atom is -0.481 e. The van der Waals surface area contributed by atoms with E-state index in [9.17, 15) is 33.5 Å². The van der Waals surface area contributed by atoms with E-state index in [1.165, 1.54) is 13.1 Å². The van der Waals surface area contributed by atoms with Crippen molar-refractivity contribution in [2.45, 2.75) is 44.2 Å². The number of aliphatic carboxylic acids is 3. The molecule has 12 nitrogen and oxygen atoms in total. The second-order valence-corrected chi connectivity index (χ2v) is 6.86. The molecule has 0 spiro atoms. The fourth-order valence-corrected chi connectivity index (χ4v) is 2.68. The molecule has 0 saturated heterocycles. The molecule has 1 rings (SSSR count). The lowest BCUT2D eigenvalue weighted by Crippen LogP contribution is -2.52. The normalized spacial score (nSPS) is 12.3. The molecule has 1 heterocycles. The molecule has 0 aliphatic heterocycles. The molecule has 0 bridgehead atoms. The molecule has 176 valence electrons. The van der Waals surface area contributed by atoms with Crippen molar-refractivity contribution in [1.82, 2.24) is 20.5 Å². The van der Waals surface area contributed by atoms with Gasteiger partial charge in [-0.1, -0.05) is 0 Å². The van der Waals surface area contributed by atoms with Gasteiger partial charge in [-0.05, 0) is 37.8 Å². The molecule has 0 aliphatic carbocycles. The van der Waals surface area contributed by atoms with E-state index in [0.29, 0.717) is 12.8 Å². The van der Waals surface area contributed by atoms with Crippen LogP contribution in [0.2, 0.25) is 0 Å². The Kier molecular flexibility index (Phi) is 10.5. The summed E-state index contributed by atoms with van der Waals surface area (Å²) >= 11 is 0. The molecule has 0 aromatic carbocycles. The van der Waals surface area contributed by atoms with Gasteiger partial charge in [0.1, 0.15) is 12.1 Å². The Morgan fingerprint density at radius 1 is 1.06 bits per heavy atom. The molecule has 1 aromatic heterocycles. The quantitative estimate of drug-likeness (QED) is 0.208. The van der Waals surface area contributed by atoms with Gasteiger partial charge in [0.25, 0.3) is 5.91 Å². The Bertz CT molecular complexity index is 833. The number of unbranched alkanes of at least 4 members (excludes halogenated alkanes) is 1. The van der Waals surface area contributed by atoms with Crippen molar-refractivity contribution in [3.8, 4) is 0 Å². The number of carbonyl (C=O) groups excluding carboxylic acids is 2. The van der Waals surface area contributed by atoms with Crippen LogP contribution in [0, 0.1) is 5.95 Å². The van der Waals surface area contributed by atoms with Gasteiger partial charge in [0, 0.05) is 26.2 Å². The number of amides is 3. The lowest BCUT2D eigenvalue weighted by atomic mass is 10.1. The number of nitrogens with zero attached hydrogens (tertiary/aromatic N) is 2. The van der Waals surface area contributed by atoms with Crippen LogP contribution in [0.15, 0.2) is 18.3 Å². The molecule has 1 aromatic rings. The smallest absolute Gasteiger partial charge is 0.326 e. The van der Waals surface area contributed by atoms with Crippen LogP contribution in [0.4, 0.5) is 9.18 Å². The van der Waals surface area contributed by atoms with Crippen LogP contribution in [0.25, 0.3) is 0 Å². The van der Waals surface area contributed by atoms with E-state index in [2.05, 4.69) is 15.6 Å². The number of hydrogen-bond acceptors (Lipinski definition) is 6. The van der Waals surface area contributed by atoms with Crippen molar-refractivity contribution < 1.29 is 43.7 Å². The van der Waals surface area contributed by atoms with Gasteiger partial charge in [-0.25, -0.2) is 19.4 Å². The number of rotatable bonds is 13. The fourth-order valence-electron chi connectivity index (χ4n) is 2.68. The molecular weight excluding hydrogens is 431 g/mol. The molecule has 0 radical (unpaired) electrons. The van der Waals surface area contributed by atoms with E-state index in [-0.39, 0.29) is 24.9 Å². The van der Waals surface area contributed by atoms with Gasteiger partial charge in [0.15, 0.2) is 0 Å². The van der Waals surface area contributed by atoms with Crippen LogP contribution < -0.4 is 10.6 Å². The van der Waals surface area contributed by atoms with E-state index in [1.807, 2.05) is 0 Å². The number of aromatic nitrogens is 1. The molecule has 0 fully saturated rings. The zero-order valence-corrected chi connectivity index (χ0v) is 17.3. The molecule has 2 atom stereocenters. The molecule has 13 heteroatoms. The number of likely N-dealkylation sites (N-methyl/N-ethyl adjacent to an activating group) is 1. The summed E-state index contributed by atoms with van der Waals surface area (Å²) in [6.45, 7) is 0.203. The van der Waals surface area contributed by atoms with Crippen molar-refractivity contribution in [3.63, 3.8) is 0 Å². The predicted octanol–water partition coefficient (Wildman–Crippen LogP) is 0.533. The monoisotopic (exact) mass is 456 g/mol. The molecular formula is C19H25FN4O8. The third-order valence-corrected chi connectivity index (χ3v) is 4.50. The number of carbonyl (C=O) groups is 5. The summed E-state index contributed by atoms with van der Waals surface area (Å²) in [4.78, 5) is 61.7. The summed E-state index contributed by atoms with van der Waals surface area (Å²) in [5, 5.41) is 31.9. The van der Waals surface area contributed by atoms with Gasteiger partial charge in [0.2, 0.25) is 5.95 Å². The summed E-state index contributed by atoms with van der Waals surface area (Å²) in [5.41, 5.74) is 0.169. The maximum absolute atomic E-state index is 12.8. The summed E-state index contributed by atoms with van der Waals surface area (Å²) in [7, 11) is 1.19. The highest BCUT2D eigenvalue weighted by atomic mass is 19.1. The Labute approximate surface area is 182 Å². The van der Waals surface area contributed by atoms with Crippen LogP contribution in [0.5, 0.6) is 0 Å². The minimum absolute atomic E-state index is 0.0279. The highest BCUT2D eigenvalue weighted by Crippen LogP contribution is 2.10. The largest absolute Gasteiger partial charge is 0.481 e. The van der Waals surface area contributed by atoms with E-state index in [4.69, 9.17) is 10.2 Å². The summed E-state index contributed by atoms with van der Waals surface area (Å²) in [6.07, 6.45) is 0.974. The SMILES string of the molecule is CN(C(=O)NC(CCC(=O)O)C(=O)O)C(CCCCNC(=O)c1ccc(F)nc1)C(=O)O. The Balaban J connectivity index is 2.51. The molecule has 2 unspecified atom stereocenters. The number of hydrogen-bond donors (Lipinski definition) is 5. The molecule has 32 heavy (non-hydrogen) atoms. The maximum Gasteiger partial charge on any atom is 0.326 e. The highest BCUT2D eigenvalue weighted by Gasteiger charge is 2.29. The molecule has 0 aliphatic rings. The van der Waals surface area contributed by atoms with Gasteiger partial charge in [-0.2, -0.15) is 4.39 Å². The van der Waals surface area contributed by atoms with E-state index >= 15 is 0 Å². The second kappa shape index (κ2) is 12.8. The minimum atomic E-state index is -1.48. The van der Waals surface area contributed by atoms with Crippen molar-refractivity contribution in [2.75, 3.05) is 13.6 Å². The average Bonchev–Trinajstić information content (AvgIpc) is 2.72. The summed E-state index contributed by atoms with van der Waals surface area (Å²) < 4.78 is 12.8. The van der Waals surface area contributed by atoms with Crippen LogP contribution in [0.3, 0.4) is 0 Å². The zero-order valence-electron chi connectivity index (χ0n) is 17.3. The zero-order chi connectivity index (χ0) is 24.3. The second-order valence-electron chi connectivity index (χ2n) is 6.86. The van der Waals surface area contributed by atoms with Crippen molar-refractivity contribution >= 4 is 29.8 Å². The molecule has 5 N–H and O–H groups in total. The third-order valence-electron chi connectivity index (χ3n) is 4.50. The number of halogens is 1. The van der Waals surface area contributed by atoms with Crippen molar-refractivity contribution in [3.05, 3.63) is 29.8 Å². The van der Waals surface area contributed by atoms with Gasteiger partial charge in [0.05, 0.1) is 5.56 Å². The lowest BCUT2D eigenvalue weighted by molar-refractivity contribution is -0.142. The van der Waals surface area contributed by atoms with Crippen LogP contribution in [-0.4, -0.2) is 80.7 Å². The van der Waals surface area contributed by atoms with Gasteiger partial charge < -0.3 is 30.9 Å².